The molecule has 2 aromatic carbocycles. The molecule has 2 amide bonds. The average molecular weight is 443 g/mol. The van der Waals surface area contributed by atoms with Crippen LogP contribution >= 0.6 is 34.4 Å². The van der Waals surface area contributed by atoms with Crippen molar-refractivity contribution in [3.8, 4) is 0 Å². The van der Waals surface area contributed by atoms with Crippen LogP contribution < -0.4 is 10.6 Å². The number of carbonyl (C=O) groups is 2. The summed E-state index contributed by atoms with van der Waals surface area (Å²) in [6.07, 6.45) is 0. The number of hydrogen-bond donors (Lipinski definition) is 2. The second kappa shape index (κ2) is 8.64. The molecule has 2 aromatic heterocycles. The van der Waals surface area contributed by atoms with Crippen LogP contribution in [0.2, 0.25) is 0 Å². The molecule has 2 N–H and O–H groups in total. The molecule has 0 aliphatic heterocycles. The van der Waals surface area contributed by atoms with Crippen molar-refractivity contribution in [1.82, 2.24) is 20.4 Å². The van der Waals surface area contributed by atoms with Gasteiger partial charge in [-0.2, -0.15) is 0 Å². The number of benzene rings is 2. The highest BCUT2D eigenvalue weighted by Gasteiger charge is 2.13. The molecular weight excluding hydrogens is 428 g/mol. The molecule has 0 fully saturated rings. The zero-order valence-corrected chi connectivity index (χ0v) is 17.5. The van der Waals surface area contributed by atoms with Gasteiger partial charge in [0.05, 0.1) is 5.75 Å². The number of nitrogens with one attached hydrogen (secondary N) is 2. The molecule has 4 rings (SSSR count). The highest BCUT2D eigenvalue weighted by Crippen LogP contribution is 2.26. The number of anilines is 2. The molecule has 0 bridgehead atoms. The lowest BCUT2D eigenvalue weighted by Crippen LogP contribution is -2.13. The third kappa shape index (κ3) is 4.94. The van der Waals surface area contributed by atoms with Gasteiger partial charge in [-0.1, -0.05) is 64.8 Å². The second-order valence-corrected chi connectivity index (χ2v) is 9.23. The van der Waals surface area contributed by atoms with Crippen molar-refractivity contribution in [3.05, 3.63) is 53.0 Å². The minimum absolute atomic E-state index is 0.159. The van der Waals surface area contributed by atoms with E-state index in [4.69, 9.17) is 0 Å². The molecule has 11 heteroatoms. The van der Waals surface area contributed by atoms with E-state index in [9.17, 15) is 9.59 Å². The van der Waals surface area contributed by atoms with E-state index in [0.717, 1.165) is 15.8 Å². The summed E-state index contributed by atoms with van der Waals surface area (Å²) >= 11 is 3.76. The van der Waals surface area contributed by atoms with E-state index in [1.54, 1.807) is 6.07 Å². The fourth-order valence-corrected chi connectivity index (χ4v) is 4.60. The van der Waals surface area contributed by atoms with Crippen molar-refractivity contribution in [2.45, 2.75) is 11.3 Å². The molecule has 0 atom stereocenters. The summed E-state index contributed by atoms with van der Waals surface area (Å²) in [5.74, 6) is -0.303. The van der Waals surface area contributed by atoms with Gasteiger partial charge in [-0.15, -0.1) is 20.4 Å². The van der Waals surface area contributed by atoms with Gasteiger partial charge >= 0.3 is 0 Å². The second-order valence-electron chi connectivity index (χ2n) is 5.85. The summed E-state index contributed by atoms with van der Waals surface area (Å²) in [6.45, 7) is 1.82. The van der Waals surface area contributed by atoms with Crippen LogP contribution in [0.15, 0.2) is 46.8 Å². The monoisotopic (exact) mass is 442 g/mol. The van der Waals surface area contributed by atoms with Gasteiger partial charge in [0.25, 0.3) is 5.91 Å². The lowest BCUT2D eigenvalue weighted by Gasteiger charge is -2.03. The van der Waals surface area contributed by atoms with E-state index >= 15 is 0 Å². The number of aromatic nitrogens is 4. The molecule has 0 unspecified atom stereocenters. The normalized spacial score (nSPS) is 10.8. The summed E-state index contributed by atoms with van der Waals surface area (Å²) in [7, 11) is 0. The minimum atomic E-state index is -0.257. The van der Waals surface area contributed by atoms with Gasteiger partial charge in [-0.3, -0.25) is 20.2 Å². The Hall–Kier alpha value is -2.89. The Morgan fingerprint density at radius 2 is 1.69 bits per heavy atom. The summed E-state index contributed by atoms with van der Waals surface area (Å²) in [6, 6.07) is 13.4. The SMILES string of the molecule is Cc1nnc(NC(=O)CSc2nnc(NC(=O)c3ccc4ccccc4c3)s2)s1. The molecule has 0 aliphatic rings. The number of amides is 2. The maximum atomic E-state index is 12.5. The smallest absolute Gasteiger partial charge is 0.257 e. The number of aryl methyl sites for hydroxylation is 1. The highest BCUT2D eigenvalue weighted by molar-refractivity contribution is 8.01. The van der Waals surface area contributed by atoms with Crippen LogP contribution in [-0.4, -0.2) is 38.0 Å². The Kier molecular flexibility index (Phi) is 5.79. The lowest BCUT2D eigenvalue weighted by molar-refractivity contribution is -0.113. The number of nitrogens with zero attached hydrogens (tertiary/aromatic N) is 4. The molecule has 0 radical (unpaired) electrons. The minimum Gasteiger partial charge on any atom is -0.300 e. The standard InChI is InChI=1S/C18H14N6O2S3/c1-10-21-22-16(28-10)19-14(25)9-27-18-24-23-17(29-18)20-15(26)13-7-6-11-4-2-3-5-12(11)8-13/h2-8H,9H2,1H3,(H,19,22,25)(H,20,23,26). The molecule has 0 spiro atoms. The maximum Gasteiger partial charge on any atom is 0.257 e. The quantitative estimate of drug-likeness (QED) is 0.345. The first-order valence-corrected chi connectivity index (χ1v) is 11.0. The van der Waals surface area contributed by atoms with Gasteiger partial charge in [0.1, 0.15) is 5.01 Å². The zero-order chi connectivity index (χ0) is 20.2. The Balaban J connectivity index is 1.33. The molecule has 4 aromatic rings. The first-order chi connectivity index (χ1) is 14.1. The third-order valence-electron chi connectivity index (χ3n) is 3.74. The van der Waals surface area contributed by atoms with Crippen LogP contribution in [0.4, 0.5) is 10.3 Å². The van der Waals surface area contributed by atoms with Crippen molar-refractivity contribution in [2.24, 2.45) is 0 Å². The Bertz CT molecular complexity index is 1190. The van der Waals surface area contributed by atoms with E-state index in [-0.39, 0.29) is 17.6 Å². The van der Waals surface area contributed by atoms with Crippen LogP contribution in [0.5, 0.6) is 0 Å². The van der Waals surface area contributed by atoms with Crippen LogP contribution in [0.25, 0.3) is 10.8 Å². The van der Waals surface area contributed by atoms with E-state index < -0.39 is 0 Å². The van der Waals surface area contributed by atoms with Gasteiger partial charge < -0.3 is 0 Å². The van der Waals surface area contributed by atoms with Crippen LogP contribution in [0.1, 0.15) is 15.4 Å². The van der Waals surface area contributed by atoms with Crippen LogP contribution in [0, 0.1) is 6.92 Å². The van der Waals surface area contributed by atoms with E-state index in [0.29, 0.717) is 20.2 Å². The molecule has 0 aliphatic carbocycles. The Labute approximate surface area is 177 Å². The van der Waals surface area contributed by atoms with Gasteiger partial charge in [0, 0.05) is 5.56 Å². The van der Waals surface area contributed by atoms with Crippen molar-refractivity contribution < 1.29 is 9.59 Å². The van der Waals surface area contributed by atoms with Crippen LogP contribution in [0.3, 0.4) is 0 Å². The Morgan fingerprint density at radius 1 is 0.931 bits per heavy atom. The predicted molar refractivity (Wildman–Crippen MR) is 116 cm³/mol. The number of hydrogen-bond acceptors (Lipinski definition) is 9. The van der Waals surface area contributed by atoms with Gasteiger partial charge in [0.2, 0.25) is 16.2 Å². The van der Waals surface area contributed by atoms with Crippen molar-refractivity contribution >= 4 is 67.3 Å². The first-order valence-electron chi connectivity index (χ1n) is 8.43. The molecule has 146 valence electrons. The predicted octanol–water partition coefficient (Wildman–Crippen LogP) is 3.83. The van der Waals surface area contributed by atoms with E-state index in [2.05, 4.69) is 31.0 Å². The number of rotatable bonds is 6. The fraction of sp³-hybridized carbons (Fsp3) is 0.111. The molecule has 2 heterocycles. The van der Waals surface area contributed by atoms with E-state index in [1.807, 2.05) is 43.3 Å². The van der Waals surface area contributed by atoms with Gasteiger partial charge in [-0.25, -0.2) is 0 Å². The summed E-state index contributed by atoms with van der Waals surface area (Å²) in [5, 5.41) is 24.8. The first kappa shape index (κ1) is 19.4. The third-order valence-corrected chi connectivity index (χ3v) is 6.46. The number of thioether (sulfide) groups is 1. The largest absolute Gasteiger partial charge is 0.300 e. The van der Waals surface area contributed by atoms with Gasteiger partial charge in [-0.05, 0) is 29.8 Å². The summed E-state index contributed by atoms with van der Waals surface area (Å²) in [4.78, 5) is 24.4. The topological polar surface area (TPSA) is 110 Å². The Morgan fingerprint density at radius 3 is 2.48 bits per heavy atom. The number of carbonyl (C=O) groups excluding carboxylic acids is 2. The lowest BCUT2D eigenvalue weighted by atomic mass is 10.1. The molecule has 0 saturated carbocycles. The highest BCUT2D eigenvalue weighted by atomic mass is 32.2. The summed E-state index contributed by atoms with van der Waals surface area (Å²) < 4.78 is 0.586. The molecule has 29 heavy (non-hydrogen) atoms. The summed E-state index contributed by atoms with van der Waals surface area (Å²) in [5.41, 5.74) is 0.542. The molecular formula is C18H14N6O2S3. The average Bonchev–Trinajstić information content (AvgIpc) is 3.34. The maximum absolute atomic E-state index is 12.5. The zero-order valence-electron chi connectivity index (χ0n) is 15.1. The van der Waals surface area contributed by atoms with Crippen molar-refractivity contribution in [1.29, 1.82) is 0 Å². The fourth-order valence-electron chi connectivity index (χ4n) is 2.45. The number of fused-ring (bicyclic) bond motifs is 1. The van der Waals surface area contributed by atoms with Crippen molar-refractivity contribution in [2.75, 3.05) is 16.4 Å². The van der Waals surface area contributed by atoms with E-state index in [1.165, 1.54) is 34.4 Å². The van der Waals surface area contributed by atoms with Gasteiger partial charge in [0.15, 0.2) is 4.34 Å². The molecule has 0 saturated heterocycles. The van der Waals surface area contributed by atoms with Crippen LogP contribution in [-0.2, 0) is 4.79 Å². The molecule has 8 nitrogen and oxygen atoms in total. The van der Waals surface area contributed by atoms with Crippen molar-refractivity contribution in [3.63, 3.8) is 0 Å².